The lowest BCUT2D eigenvalue weighted by Crippen LogP contribution is -2.15. The molecule has 4 rings (SSSR count). The maximum absolute atomic E-state index is 13.4. The standard InChI is InChI=1S/C25H18F3NO5S/c26-25(27,28)18-10-13-22(34-19-11-8-16(9-12-19)14-24(30)31)21(15-18)29-35(32,33)23-7-3-5-17-4-1-2-6-20(17)23/h1-13,15,29H,14H2,(H,30,31). The van der Waals surface area contributed by atoms with Crippen molar-refractivity contribution in [3.05, 3.63) is 96.1 Å². The molecule has 6 nitrogen and oxygen atoms in total. The Morgan fingerprint density at radius 3 is 2.29 bits per heavy atom. The summed E-state index contributed by atoms with van der Waals surface area (Å²) in [4.78, 5) is 10.7. The van der Waals surface area contributed by atoms with Gasteiger partial charge in [0.25, 0.3) is 10.0 Å². The van der Waals surface area contributed by atoms with E-state index in [2.05, 4.69) is 4.72 Å². The van der Waals surface area contributed by atoms with Crippen LogP contribution in [0.1, 0.15) is 11.1 Å². The minimum atomic E-state index is -4.71. The first-order valence-corrected chi connectivity index (χ1v) is 11.7. The van der Waals surface area contributed by atoms with Gasteiger partial charge in [-0.3, -0.25) is 9.52 Å². The van der Waals surface area contributed by atoms with Crippen molar-refractivity contribution in [1.82, 2.24) is 0 Å². The summed E-state index contributed by atoms with van der Waals surface area (Å²) in [5.74, 6) is -0.996. The number of carboxylic acids is 1. The molecule has 0 aromatic heterocycles. The number of alkyl halides is 3. The molecule has 0 unspecified atom stereocenters. The largest absolute Gasteiger partial charge is 0.481 e. The highest BCUT2D eigenvalue weighted by Gasteiger charge is 2.32. The van der Waals surface area contributed by atoms with Gasteiger partial charge in [0.05, 0.1) is 22.6 Å². The molecular formula is C25H18F3NO5S. The molecule has 0 saturated carbocycles. The molecule has 0 radical (unpaired) electrons. The molecule has 0 amide bonds. The van der Waals surface area contributed by atoms with Gasteiger partial charge in [0.2, 0.25) is 0 Å². The first-order valence-electron chi connectivity index (χ1n) is 10.2. The summed E-state index contributed by atoms with van der Waals surface area (Å²) in [7, 11) is -4.30. The predicted octanol–water partition coefficient (Wildman–Crippen LogP) is 6.08. The number of sulfonamides is 1. The van der Waals surface area contributed by atoms with Crippen LogP contribution in [0, 0.1) is 0 Å². The number of carbonyl (C=O) groups is 1. The highest BCUT2D eigenvalue weighted by molar-refractivity contribution is 7.93. The average molecular weight is 501 g/mol. The van der Waals surface area contributed by atoms with Crippen molar-refractivity contribution in [2.24, 2.45) is 0 Å². The molecule has 0 aliphatic heterocycles. The summed E-state index contributed by atoms with van der Waals surface area (Å²) >= 11 is 0. The van der Waals surface area contributed by atoms with Crippen molar-refractivity contribution in [2.75, 3.05) is 4.72 Å². The fraction of sp³-hybridized carbons (Fsp3) is 0.0800. The highest BCUT2D eigenvalue weighted by Crippen LogP contribution is 2.38. The monoisotopic (exact) mass is 501 g/mol. The molecule has 4 aromatic carbocycles. The van der Waals surface area contributed by atoms with Crippen LogP contribution in [0.15, 0.2) is 89.8 Å². The van der Waals surface area contributed by atoms with Crippen molar-refractivity contribution in [2.45, 2.75) is 17.5 Å². The van der Waals surface area contributed by atoms with Gasteiger partial charge in [0.1, 0.15) is 5.75 Å². The normalized spacial score (nSPS) is 11.9. The zero-order valence-corrected chi connectivity index (χ0v) is 18.7. The van der Waals surface area contributed by atoms with E-state index in [1.54, 1.807) is 36.4 Å². The number of hydrogen-bond donors (Lipinski definition) is 2. The molecule has 0 heterocycles. The van der Waals surface area contributed by atoms with Crippen LogP contribution in [0.5, 0.6) is 11.5 Å². The quantitative estimate of drug-likeness (QED) is 0.320. The van der Waals surface area contributed by atoms with Crippen LogP contribution in [0.2, 0.25) is 0 Å². The molecule has 0 saturated heterocycles. The zero-order chi connectivity index (χ0) is 25.2. The van der Waals surface area contributed by atoms with Crippen molar-refractivity contribution >= 4 is 32.5 Å². The lowest BCUT2D eigenvalue weighted by atomic mass is 10.1. The van der Waals surface area contributed by atoms with Crippen molar-refractivity contribution < 1.29 is 36.2 Å². The van der Waals surface area contributed by atoms with Gasteiger partial charge in [-0.25, -0.2) is 8.42 Å². The Labute approximate surface area is 198 Å². The third kappa shape index (κ3) is 5.55. The first kappa shape index (κ1) is 24.1. The number of nitrogens with one attached hydrogen (secondary N) is 1. The molecule has 4 aromatic rings. The molecule has 10 heteroatoms. The van der Waals surface area contributed by atoms with Gasteiger partial charge in [-0.2, -0.15) is 13.2 Å². The molecule has 0 aliphatic rings. The molecule has 0 atom stereocenters. The van der Waals surface area contributed by atoms with Crippen LogP contribution in [-0.2, 0) is 27.4 Å². The molecule has 0 fully saturated rings. The molecule has 0 bridgehead atoms. The summed E-state index contributed by atoms with van der Waals surface area (Å²) in [6.45, 7) is 0. The molecule has 0 spiro atoms. The summed E-state index contributed by atoms with van der Waals surface area (Å²) in [5, 5.41) is 9.94. The summed E-state index contributed by atoms with van der Waals surface area (Å²) in [6, 6.07) is 19.7. The number of rotatable bonds is 7. The van der Waals surface area contributed by atoms with E-state index in [0.29, 0.717) is 22.4 Å². The highest BCUT2D eigenvalue weighted by atomic mass is 32.2. The van der Waals surface area contributed by atoms with Crippen molar-refractivity contribution in [1.29, 1.82) is 0 Å². The first-order chi connectivity index (χ1) is 16.5. The Morgan fingerprint density at radius 2 is 1.60 bits per heavy atom. The van der Waals surface area contributed by atoms with Gasteiger partial charge in [-0.15, -0.1) is 0 Å². The van der Waals surface area contributed by atoms with Crippen LogP contribution < -0.4 is 9.46 Å². The number of aliphatic carboxylic acids is 1. The molecular weight excluding hydrogens is 483 g/mol. The predicted molar refractivity (Wildman–Crippen MR) is 124 cm³/mol. The Balaban J connectivity index is 1.73. The van der Waals surface area contributed by atoms with E-state index < -0.39 is 33.4 Å². The molecule has 2 N–H and O–H groups in total. The topological polar surface area (TPSA) is 92.7 Å². The van der Waals surface area contributed by atoms with Crippen molar-refractivity contribution in [3.63, 3.8) is 0 Å². The van der Waals surface area contributed by atoms with E-state index in [0.717, 1.165) is 12.1 Å². The third-order valence-electron chi connectivity index (χ3n) is 5.10. The fourth-order valence-electron chi connectivity index (χ4n) is 3.48. The minimum absolute atomic E-state index is 0.100. The van der Waals surface area contributed by atoms with Crippen LogP contribution >= 0.6 is 0 Å². The van der Waals surface area contributed by atoms with E-state index >= 15 is 0 Å². The smallest absolute Gasteiger partial charge is 0.416 e. The van der Waals surface area contributed by atoms with E-state index in [4.69, 9.17) is 9.84 Å². The van der Waals surface area contributed by atoms with Crippen LogP contribution in [0.4, 0.5) is 18.9 Å². The summed E-state index contributed by atoms with van der Waals surface area (Å²) < 4.78 is 74.5. The third-order valence-corrected chi connectivity index (χ3v) is 6.52. The number of halogens is 3. The van der Waals surface area contributed by atoms with Gasteiger partial charge >= 0.3 is 12.1 Å². The second kappa shape index (κ2) is 9.30. The van der Waals surface area contributed by atoms with Gasteiger partial charge in [0.15, 0.2) is 5.75 Å². The van der Waals surface area contributed by atoms with Gasteiger partial charge < -0.3 is 9.84 Å². The zero-order valence-electron chi connectivity index (χ0n) is 17.9. The SMILES string of the molecule is O=C(O)Cc1ccc(Oc2ccc(C(F)(F)F)cc2NS(=O)(=O)c2cccc3ccccc23)cc1. The Bertz CT molecular complexity index is 1490. The van der Waals surface area contributed by atoms with Crippen molar-refractivity contribution in [3.8, 4) is 11.5 Å². The summed E-state index contributed by atoms with van der Waals surface area (Å²) in [5.41, 5.74) is -0.964. The van der Waals surface area contributed by atoms with Gasteiger partial charge in [-0.1, -0.05) is 48.5 Å². The van der Waals surface area contributed by atoms with Crippen LogP contribution in [0.3, 0.4) is 0 Å². The second-order valence-electron chi connectivity index (χ2n) is 7.61. The number of benzene rings is 4. The van der Waals surface area contributed by atoms with E-state index in [1.165, 1.54) is 30.3 Å². The van der Waals surface area contributed by atoms with E-state index in [1.807, 2.05) is 0 Å². The Kier molecular flexibility index (Phi) is 6.40. The van der Waals surface area contributed by atoms with Gasteiger partial charge in [-0.05, 0) is 47.3 Å². The van der Waals surface area contributed by atoms with Gasteiger partial charge in [0, 0.05) is 5.39 Å². The fourth-order valence-corrected chi connectivity index (χ4v) is 4.77. The molecule has 180 valence electrons. The maximum Gasteiger partial charge on any atom is 0.416 e. The number of hydrogen-bond acceptors (Lipinski definition) is 4. The molecule has 0 aliphatic carbocycles. The maximum atomic E-state index is 13.4. The lowest BCUT2D eigenvalue weighted by molar-refractivity contribution is -0.138. The number of carboxylic acid groups (broad SMARTS) is 1. The Morgan fingerprint density at radius 1 is 0.914 bits per heavy atom. The average Bonchev–Trinajstić information content (AvgIpc) is 2.80. The van der Waals surface area contributed by atoms with E-state index in [9.17, 15) is 26.4 Å². The lowest BCUT2D eigenvalue weighted by Gasteiger charge is -2.17. The van der Waals surface area contributed by atoms with Crippen LogP contribution in [-0.4, -0.2) is 19.5 Å². The summed E-state index contributed by atoms with van der Waals surface area (Å²) in [6.07, 6.45) is -4.92. The number of ether oxygens (including phenoxy) is 1. The molecule has 35 heavy (non-hydrogen) atoms. The number of anilines is 1. The van der Waals surface area contributed by atoms with E-state index in [-0.39, 0.29) is 22.8 Å². The van der Waals surface area contributed by atoms with Crippen LogP contribution in [0.25, 0.3) is 10.8 Å². The minimum Gasteiger partial charge on any atom is -0.481 e. The second-order valence-corrected chi connectivity index (χ2v) is 9.26. The number of fused-ring (bicyclic) bond motifs is 1. The Hall–Kier alpha value is -4.05.